The van der Waals surface area contributed by atoms with Gasteiger partial charge in [0.1, 0.15) is 0 Å². The topological polar surface area (TPSA) is 24.1 Å². The van der Waals surface area contributed by atoms with Gasteiger partial charge in [-0.1, -0.05) is 13.8 Å². The van der Waals surface area contributed by atoms with E-state index in [9.17, 15) is 0 Å². The van der Waals surface area contributed by atoms with Crippen LogP contribution in [0.1, 0.15) is 39.5 Å². The van der Waals surface area contributed by atoms with Crippen molar-refractivity contribution >= 4 is 0 Å². The summed E-state index contributed by atoms with van der Waals surface area (Å²) in [6.45, 7) is 6.93. The molecule has 2 heteroatoms. The Hall–Kier alpha value is -0.0800. The fraction of sp³-hybridized carbons (Fsp3) is 1.00. The number of hydrogen-bond acceptors (Lipinski definition) is 2. The van der Waals surface area contributed by atoms with Gasteiger partial charge in [-0.25, -0.2) is 0 Å². The molecule has 76 valence electrons. The lowest BCUT2D eigenvalue weighted by molar-refractivity contribution is 0.209. The van der Waals surface area contributed by atoms with Crippen LogP contribution in [0.15, 0.2) is 0 Å². The highest BCUT2D eigenvalue weighted by atomic mass is 15.1. The zero-order chi connectivity index (χ0) is 9.31. The van der Waals surface area contributed by atoms with Crippen molar-refractivity contribution in [2.75, 3.05) is 13.1 Å². The van der Waals surface area contributed by atoms with Crippen molar-refractivity contribution in [1.29, 1.82) is 0 Å². The van der Waals surface area contributed by atoms with Crippen molar-refractivity contribution in [3.8, 4) is 0 Å². The minimum atomic E-state index is 0.394. The first-order valence-corrected chi connectivity index (χ1v) is 5.78. The van der Waals surface area contributed by atoms with Gasteiger partial charge >= 0.3 is 0 Å². The fourth-order valence-corrected chi connectivity index (χ4v) is 2.37. The van der Waals surface area contributed by atoms with Gasteiger partial charge in [0.25, 0.3) is 0 Å². The number of nitrogens with one attached hydrogen (secondary N) is 2. The summed E-state index contributed by atoms with van der Waals surface area (Å²) < 4.78 is 0. The van der Waals surface area contributed by atoms with Crippen LogP contribution in [-0.2, 0) is 0 Å². The van der Waals surface area contributed by atoms with Crippen LogP contribution in [0.25, 0.3) is 0 Å². The third kappa shape index (κ3) is 1.89. The molecule has 0 spiro atoms. The normalized spacial score (nSPS) is 33.2. The van der Waals surface area contributed by atoms with E-state index in [-0.39, 0.29) is 0 Å². The fourth-order valence-electron chi connectivity index (χ4n) is 2.37. The minimum Gasteiger partial charge on any atom is -0.311 e. The summed E-state index contributed by atoms with van der Waals surface area (Å²) in [6.07, 6.45) is 5.39. The SMILES string of the molecule is CCC1(CC)CNC(C2CC2)CN1. The van der Waals surface area contributed by atoms with Gasteiger partial charge in [0, 0.05) is 24.7 Å². The van der Waals surface area contributed by atoms with E-state index >= 15 is 0 Å². The van der Waals surface area contributed by atoms with Crippen molar-refractivity contribution in [3.05, 3.63) is 0 Å². The zero-order valence-corrected chi connectivity index (χ0v) is 8.90. The van der Waals surface area contributed by atoms with E-state index in [1.54, 1.807) is 0 Å². The third-order valence-corrected chi connectivity index (χ3v) is 3.94. The first-order chi connectivity index (χ1) is 6.29. The van der Waals surface area contributed by atoms with Crippen LogP contribution in [-0.4, -0.2) is 24.7 Å². The average Bonchev–Trinajstić information content (AvgIpc) is 3.02. The molecule has 1 aliphatic heterocycles. The molecule has 0 bridgehead atoms. The summed E-state index contributed by atoms with van der Waals surface area (Å²) in [5, 5.41) is 7.45. The maximum atomic E-state index is 3.74. The van der Waals surface area contributed by atoms with Gasteiger partial charge in [-0.05, 0) is 31.6 Å². The molecule has 1 heterocycles. The molecule has 0 aromatic rings. The molecule has 2 aliphatic rings. The summed E-state index contributed by atoms with van der Waals surface area (Å²) in [4.78, 5) is 0. The van der Waals surface area contributed by atoms with Crippen molar-refractivity contribution in [3.63, 3.8) is 0 Å². The first kappa shape index (κ1) is 9.47. The number of rotatable bonds is 3. The van der Waals surface area contributed by atoms with Crippen molar-refractivity contribution in [2.24, 2.45) is 5.92 Å². The van der Waals surface area contributed by atoms with Crippen molar-refractivity contribution in [1.82, 2.24) is 10.6 Å². The van der Waals surface area contributed by atoms with E-state index in [1.165, 1.54) is 38.8 Å². The van der Waals surface area contributed by atoms with Crippen LogP contribution in [0, 0.1) is 5.92 Å². The molecule has 1 unspecified atom stereocenters. The molecule has 0 aromatic heterocycles. The first-order valence-electron chi connectivity index (χ1n) is 5.78. The van der Waals surface area contributed by atoms with E-state index < -0.39 is 0 Å². The highest BCUT2D eigenvalue weighted by Gasteiger charge is 2.37. The van der Waals surface area contributed by atoms with Crippen LogP contribution >= 0.6 is 0 Å². The quantitative estimate of drug-likeness (QED) is 0.691. The van der Waals surface area contributed by atoms with Gasteiger partial charge in [0.2, 0.25) is 0 Å². The molecule has 2 fully saturated rings. The molecule has 0 aromatic carbocycles. The zero-order valence-electron chi connectivity index (χ0n) is 8.90. The Bertz CT molecular complexity index is 161. The molecule has 1 saturated heterocycles. The number of piperazine rings is 1. The molecule has 1 aliphatic carbocycles. The maximum absolute atomic E-state index is 3.74. The van der Waals surface area contributed by atoms with E-state index in [0.29, 0.717) is 5.54 Å². The van der Waals surface area contributed by atoms with Gasteiger partial charge in [0.15, 0.2) is 0 Å². The Balaban J connectivity index is 1.86. The summed E-state index contributed by atoms with van der Waals surface area (Å²) in [6, 6.07) is 0.770. The maximum Gasteiger partial charge on any atom is 0.0301 e. The summed E-state index contributed by atoms with van der Waals surface area (Å²) in [7, 11) is 0. The Labute approximate surface area is 81.5 Å². The Morgan fingerprint density at radius 2 is 1.92 bits per heavy atom. The van der Waals surface area contributed by atoms with Gasteiger partial charge in [0.05, 0.1) is 0 Å². The predicted molar refractivity (Wildman–Crippen MR) is 55.8 cm³/mol. The van der Waals surface area contributed by atoms with Gasteiger partial charge < -0.3 is 10.6 Å². The summed E-state index contributed by atoms with van der Waals surface area (Å²) in [5.41, 5.74) is 0.394. The lowest BCUT2D eigenvalue weighted by Crippen LogP contribution is -2.62. The van der Waals surface area contributed by atoms with Crippen molar-refractivity contribution in [2.45, 2.75) is 51.1 Å². The van der Waals surface area contributed by atoms with Crippen LogP contribution in [0.3, 0.4) is 0 Å². The molecule has 2 nitrogen and oxygen atoms in total. The Morgan fingerprint density at radius 3 is 2.31 bits per heavy atom. The van der Waals surface area contributed by atoms with Gasteiger partial charge in [-0.2, -0.15) is 0 Å². The molecule has 1 saturated carbocycles. The van der Waals surface area contributed by atoms with Crippen molar-refractivity contribution < 1.29 is 0 Å². The monoisotopic (exact) mass is 182 g/mol. The van der Waals surface area contributed by atoms with Gasteiger partial charge in [-0.3, -0.25) is 0 Å². The molecular weight excluding hydrogens is 160 g/mol. The lowest BCUT2D eigenvalue weighted by atomic mass is 9.89. The van der Waals surface area contributed by atoms with E-state index in [0.717, 1.165) is 12.0 Å². The summed E-state index contributed by atoms with van der Waals surface area (Å²) in [5.74, 6) is 0.985. The molecular formula is C11H22N2. The van der Waals surface area contributed by atoms with E-state index in [2.05, 4.69) is 24.5 Å². The Kier molecular flexibility index (Phi) is 2.61. The minimum absolute atomic E-state index is 0.394. The third-order valence-electron chi connectivity index (χ3n) is 3.94. The van der Waals surface area contributed by atoms with Gasteiger partial charge in [-0.15, -0.1) is 0 Å². The second-order valence-electron chi connectivity index (χ2n) is 4.69. The molecule has 0 amide bonds. The molecule has 13 heavy (non-hydrogen) atoms. The molecule has 0 radical (unpaired) electrons. The Morgan fingerprint density at radius 1 is 1.23 bits per heavy atom. The second-order valence-corrected chi connectivity index (χ2v) is 4.69. The smallest absolute Gasteiger partial charge is 0.0301 e. The van der Waals surface area contributed by atoms with E-state index in [1.807, 2.05) is 0 Å². The summed E-state index contributed by atoms with van der Waals surface area (Å²) >= 11 is 0. The van der Waals surface area contributed by atoms with E-state index in [4.69, 9.17) is 0 Å². The van der Waals surface area contributed by atoms with Crippen LogP contribution in [0.4, 0.5) is 0 Å². The number of hydrogen-bond donors (Lipinski definition) is 2. The van der Waals surface area contributed by atoms with Crippen LogP contribution in [0.2, 0.25) is 0 Å². The van der Waals surface area contributed by atoms with Crippen LogP contribution < -0.4 is 10.6 Å². The highest BCUT2D eigenvalue weighted by Crippen LogP contribution is 2.34. The highest BCUT2D eigenvalue weighted by molar-refractivity contribution is 4.99. The standard InChI is InChI=1S/C11H22N2/c1-3-11(4-2)8-12-10(7-13-11)9-5-6-9/h9-10,12-13H,3-8H2,1-2H3. The average molecular weight is 182 g/mol. The largest absolute Gasteiger partial charge is 0.311 e. The lowest BCUT2D eigenvalue weighted by Gasteiger charge is -2.41. The molecule has 2 rings (SSSR count). The molecule has 2 N–H and O–H groups in total. The molecule has 1 atom stereocenters. The van der Waals surface area contributed by atoms with Crippen LogP contribution in [0.5, 0.6) is 0 Å². The second kappa shape index (κ2) is 3.58. The predicted octanol–water partition coefficient (Wildman–Crippen LogP) is 1.52.